The molecule has 5 nitrogen and oxygen atoms in total. The molecule has 88 valence electrons. The first-order valence-corrected chi connectivity index (χ1v) is 6.22. The molecule has 1 fully saturated rings. The molecule has 0 spiro atoms. The minimum absolute atomic E-state index is 0.213. The summed E-state index contributed by atoms with van der Waals surface area (Å²) in [6, 6.07) is 5.13. The number of benzene rings is 1. The fourth-order valence-corrected chi connectivity index (χ4v) is 3.09. The highest BCUT2D eigenvalue weighted by atomic mass is 32.2. The first kappa shape index (κ1) is 11.3. The third-order valence-corrected chi connectivity index (χ3v) is 3.94. The van der Waals surface area contributed by atoms with Crippen LogP contribution in [0.2, 0.25) is 0 Å². The molecule has 1 aromatic carbocycles. The van der Waals surface area contributed by atoms with Crippen molar-refractivity contribution in [1.29, 1.82) is 0 Å². The fraction of sp³-hybridized carbons (Fsp3) is 0.333. The van der Waals surface area contributed by atoms with Crippen LogP contribution in [-0.2, 0) is 10.2 Å². The summed E-state index contributed by atoms with van der Waals surface area (Å²) in [7, 11) is -3.58. The molecule has 1 unspecified atom stereocenters. The number of anilines is 1. The number of halogens is 1. The van der Waals surface area contributed by atoms with Crippen molar-refractivity contribution in [2.75, 3.05) is 17.4 Å². The zero-order valence-electron chi connectivity index (χ0n) is 8.43. The maximum absolute atomic E-state index is 13.0. The highest BCUT2D eigenvalue weighted by Crippen LogP contribution is 2.22. The lowest BCUT2D eigenvalue weighted by Gasteiger charge is -2.15. The molecule has 16 heavy (non-hydrogen) atoms. The fourth-order valence-electron chi connectivity index (χ4n) is 1.61. The molecule has 3 N–H and O–H groups in total. The van der Waals surface area contributed by atoms with Crippen molar-refractivity contribution in [3.63, 3.8) is 0 Å². The Morgan fingerprint density at radius 3 is 2.88 bits per heavy atom. The van der Waals surface area contributed by atoms with Gasteiger partial charge < -0.3 is 5.73 Å². The first-order valence-electron chi connectivity index (χ1n) is 4.78. The number of nitrogens with two attached hydrogens (primary N) is 1. The van der Waals surface area contributed by atoms with E-state index in [4.69, 9.17) is 5.73 Å². The van der Waals surface area contributed by atoms with E-state index in [-0.39, 0.29) is 19.1 Å². The number of hydrogen-bond donors (Lipinski definition) is 2. The zero-order valence-corrected chi connectivity index (χ0v) is 9.24. The Morgan fingerprint density at radius 1 is 1.56 bits per heavy atom. The van der Waals surface area contributed by atoms with Gasteiger partial charge >= 0.3 is 10.2 Å². The molecule has 0 saturated carbocycles. The largest absolute Gasteiger partial charge is 0.329 e. The average Bonchev–Trinajstić information content (AvgIpc) is 2.53. The summed E-state index contributed by atoms with van der Waals surface area (Å²) >= 11 is 0. The van der Waals surface area contributed by atoms with E-state index in [0.717, 1.165) is 4.31 Å². The Hall–Kier alpha value is -1.18. The van der Waals surface area contributed by atoms with E-state index < -0.39 is 16.0 Å². The van der Waals surface area contributed by atoms with Crippen LogP contribution in [-0.4, -0.2) is 27.5 Å². The summed E-state index contributed by atoms with van der Waals surface area (Å²) in [5.74, 6) is -0.469. The molecule has 1 aliphatic rings. The van der Waals surface area contributed by atoms with Crippen molar-refractivity contribution in [1.82, 2.24) is 4.72 Å². The van der Waals surface area contributed by atoms with Crippen LogP contribution >= 0.6 is 0 Å². The second kappa shape index (κ2) is 4.00. The zero-order chi connectivity index (χ0) is 11.8. The average molecular weight is 245 g/mol. The monoisotopic (exact) mass is 245 g/mol. The predicted octanol–water partition coefficient (Wildman–Crippen LogP) is -0.193. The second-order valence-corrected chi connectivity index (χ2v) is 5.19. The highest BCUT2D eigenvalue weighted by molar-refractivity contribution is 7.91. The van der Waals surface area contributed by atoms with Crippen LogP contribution in [0.15, 0.2) is 24.3 Å². The van der Waals surface area contributed by atoms with Crippen molar-refractivity contribution in [3.05, 3.63) is 30.1 Å². The number of rotatable bonds is 2. The quantitative estimate of drug-likeness (QED) is 0.758. The summed E-state index contributed by atoms with van der Waals surface area (Å²) < 4.78 is 39.9. The summed E-state index contributed by atoms with van der Waals surface area (Å²) in [4.78, 5) is 0. The standard InChI is InChI=1S/C9H12FN3O2S/c10-7-2-1-3-9(4-7)13-6-8(5-11)12-16(13,14)15/h1-4,8,12H,5-6,11H2. The van der Waals surface area contributed by atoms with Gasteiger partial charge in [0.2, 0.25) is 0 Å². The van der Waals surface area contributed by atoms with Gasteiger partial charge in [-0.2, -0.15) is 13.1 Å². The predicted molar refractivity (Wildman–Crippen MR) is 58.6 cm³/mol. The van der Waals surface area contributed by atoms with Gasteiger partial charge in [-0.1, -0.05) is 6.07 Å². The molecule has 0 aromatic heterocycles. The van der Waals surface area contributed by atoms with Gasteiger partial charge in [0, 0.05) is 6.54 Å². The summed E-state index contributed by atoms with van der Waals surface area (Å²) in [5.41, 5.74) is 5.71. The number of hydrogen-bond acceptors (Lipinski definition) is 3. The third-order valence-electron chi connectivity index (χ3n) is 2.37. The van der Waals surface area contributed by atoms with Crippen LogP contribution in [0.3, 0.4) is 0 Å². The Morgan fingerprint density at radius 2 is 2.31 bits per heavy atom. The minimum atomic E-state index is -3.58. The lowest BCUT2D eigenvalue weighted by molar-refractivity contribution is 0.583. The van der Waals surface area contributed by atoms with E-state index >= 15 is 0 Å². The molecule has 1 heterocycles. The van der Waals surface area contributed by atoms with E-state index in [1.54, 1.807) is 6.07 Å². The van der Waals surface area contributed by atoms with Gasteiger partial charge in [0.15, 0.2) is 0 Å². The summed E-state index contributed by atoms with van der Waals surface area (Å²) in [6.45, 7) is 0.438. The Bertz CT molecular complexity index is 491. The Labute approximate surface area is 93.2 Å². The first-order chi connectivity index (χ1) is 7.53. The van der Waals surface area contributed by atoms with Gasteiger partial charge in [0.25, 0.3) is 0 Å². The normalized spacial score (nSPS) is 23.6. The van der Waals surface area contributed by atoms with Gasteiger partial charge in [-0.25, -0.2) is 4.39 Å². The van der Waals surface area contributed by atoms with Crippen LogP contribution in [0.4, 0.5) is 10.1 Å². The van der Waals surface area contributed by atoms with Gasteiger partial charge in [-0.3, -0.25) is 4.31 Å². The van der Waals surface area contributed by atoms with E-state index in [1.165, 1.54) is 18.2 Å². The molecular weight excluding hydrogens is 233 g/mol. The van der Waals surface area contributed by atoms with E-state index in [0.29, 0.717) is 5.69 Å². The maximum Gasteiger partial charge on any atom is 0.301 e. The van der Waals surface area contributed by atoms with Gasteiger partial charge in [-0.15, -0.1) is 0 Å². The molecule has 1 aliphatic heterocycles. The lowest BCUT2D eigenvalue weighted by Crippen LogP contribution is -2.33. The van der Waals surface area contributed by atoms with Crippen LogP contribution in [0.1, 0.15) is 0 Å². The van der Waals surface area contributed by atoms with Crippen molar-refractivity contribution in [2.24, 2.45) is 5.73 Å². The summed E-state index contributed by atoms with van der Waals surface area (Å²) in [5, 5.41) is 0. The Kier molecular flexibility index (Phi) is 2.83. The van der Waals surface area contributed by atoms with Gasteiger partial charge in [0.05, 0.1) is 18.3 Å². The molecule has 2 rings (SSSR count). The minimum Gasteiger partial charge on any atom is -0.329 e. The SMILES string of the molecule is NCC1CN(c2cccc(F)c2)S(=O)(=O)N1. The molecule has 0 radical (unpaired) electrons. The number of nitrogens with one attached hydrogen (secondary N) is 1. The van der Waals surface area contributed by atoms with Crippen molar-refractivity contribution < 1.29 is 12.8 Å². The van der Waals surface area contributed by atoms with Gasteiger partial charge in [-0.05, 0) is 18.2 Å². The smallest absolute Gasteiger partial charge is 0.301 e. The van der Waals surface area contributed by atoms with E-state index in [9.17, 15) is 12.8 Å². The summed E-state index contributed by atoms with van der Waals surface area (Å²) in [6.07, 6.45) is 0. The number of nitrogens with zero attached hydrogens (tertiary/aromatic N) is 1. The molecule has 1 saturated heterocycles. The molecule has 7 heteroatoms. The molecule has 0 aliphatic carbocycles. The molecule has 0 amide bonds. The lowest BCUT2D eigenvalue weighted by atomic mass is 10.2. The maximum atomic E-state index is 13.0. The van der Waals surface area contributed by atoms with E-state index in [1.807, 2.05) is 0 Å². The van der Waals surface area contributed by atoms with Crippen molar-refractivity contribution in [2.45, 2.75) is 6.04 Å². The topological polar surface area (TPSA) is 75.4 Å². The molecule has 1 atom stereocenters. The molecule has 1 aromatic rings. The van der Waals surface area contributed by atoms with Crippen LogP contribution in [0.25, 0.3) is 0 Å². The highest BCUT2D eigenvalue weighted by Gasteiger charge is 2.34. The Balaban J connectivity index is 2.35. The molecule has 0 bridgehead atoms. The van der Waals surface area contributed by atoms with Crippen LogP contribution in [0, 0.1) is 5.82 Å². The van der Waals surface area contributed by atoms with Crippen molar-refractivity contribution >= 4 is 15.9 Å². The van der Waals surface area contributed by atoms with Crippen molar-refractivity contribution in [3.8, 4) is 0 Å². The van der Waals surface area contributed by atoms with E-state index in [2.05, 4.69) is 4.72 Å². The third kappa shape index (κ3) is 2.01. The van der Waals surface area contributed by atoms with Gasteiger partial charge in [0.1, 0.15) is 5.82 Å². The second-order valence-electron chi connectivity index (χ2n) is 3.57. The van der Waals surface area contributed by atoms with Crippen LogP contribution < -0.4 is 14.8 Å². The molecular formula is C9H12FN3O2S. The van der Waals surface area contributed by atoms with Crippen LogP contribution in [0.5, 0.6) is 0 Å².